The summed E-state index contributed by atoms with van der Waals surface area (Å²) in [4.78, 5) is 16.8. The van der Waals surface area contributed by atoms with Gasteiger partial charge in [-0.2, -0.15) is 0 Å². The zero-order chi connectivity index (χ0) is 12.1. The molecule has 2 saturated heterocycles. The quantitative estimate of drug-likeness (QED) is 0.781. The number of likely N-dealkylation sites (tertiary alicyclic amines) is 1. The Balaban J connectivity index is 1.77. The van der Waals surface area contributed by atoms with Crippen molar-refractivity contribution in [2.45, 2.75) is 26.2 Å². The lowest BCUT2D eigenvalue weighted by molar-refractivity contribution is -0.137. The summed E-state index contributed by atoms with van der Waals surface area (Å²) >= 11 is 0. The lowest BCUT2D eigenvalue weighted by atomic mass is 9.95. The zero-order valence-corrected chi connectivity index (χ0v) is 11.0. The largest absolute Gasteiger partial charge is 0.340 e. The average molecular weight is 239 g/mol. The highest BCUT2D eigenvalue weighted by Gasteiger charge is 2.28. The molecule has 0 aliphatic carbocycles. The molecule has 1 N–H and O–H groups in total. The van der Waals surface area contributed by atoms with Crippen molar-refractivity contribution in [1.29, 1.82) is 0 Å². The van der Waals surface area contributed by atoms with Gasteiger partial charge in [0, 0.05) is 32.1 Å². The van der Waals surface area contributed by atoms with E-state index in [1.165, 1.54) is 13.0 Å². The lowest BCUT2D eigenvalue weighted by Gasteiger charge is -2.35. The Labute approximate surface area is 104 Å². The van der Waals surface area contributed by atoms with E-state index < -0.39 is 0 Å². The minimum absolute atomic E-state index is 0.293. The van der Waals surface area contributed by atoms with E-state index in [-0.39, 0.29) is 0 Å². The Morgan fingerprint density at radius 1 is 1.18 bits per heavy atom. The number of piperazine rings is 1. The third-order valence-electron chi connectivity index (χ3n) is 3.91. The van der Waals surface area contributed by atoms with Crippen molar-refractivity contribution >= 4 is 5.91 Å². The molecule has 2 fully saturated rings. The molecule has 2 rings (SSSR count). The van der Waals surface area contributed by atoms with Crippen LogP contribution in [0.5, 0.6) is 0 Å². The number of amides is 1. The predicted molar refractivity (Wildman–Crippen MR) is 68.9 cm³/mol. The molecular weight excluding hydrogens is 214 g/mol. The van der Waals surface area contributed by atoms with E-state index in [0.717, 1.165) is 52.1 Å². The molecule has 2 heterocycles. The van der Waals surface area contributed by atoms with Crippen LogP contribution in [0, 0.1) is 5.92 Å². The number of carbonyl (C=O) groups is 1. The van der Waals surface area contributed by atoms with E-state index in [2.05, 4.69) is 22.0 Å². The van der Waals surface area contributed by atoms with Crippen LogP contribution in [0.3, 0.4) is 0 Å². The molecule has 2 aliphatic rings. The fraction of sp³-hybridized carbons (Fsp3) is 0.923. The smallest absolute Gasteiger partial charge is 0.225 e. The molecule has 4 heteroatoms. The van der Waals surface area contributed by atoms with Crippen LogP contribution in [0.15, 0.2) is 0 Å². The van der Waals surface area contributed by atoms with Gasteiger partial charge < -0.3 is 15.1 Å². The summed E-state index contributed by atoms with van der Waals surface area (Å²) < 4.78 is 0. The fourth-order valence-electron chi connectivity index (χ4n) is 2.86. The van der Waals surface area contributed by atoms with Crippen LogP contribution in [0.2, 0.25) is 0 Å². The fourth-order valence-corrected chi connectivity index (χ4v) is 2.86. The van der Waals surface area contributed by atoms with E-state index in [0.29, 0.717) is 11.8 Å². The van der Waals surface area contributed by atoms with Gasteiger partial charge in [0.1, 0.15) is 0 Å². The van der Waals surface area contributed by atoms with Crippen LogP contribution in [-0.4, -0.2) is 61.5 Å². The summed E-state index contributed by atoms with van der Waals surface area (Å²) in [6.07, 6.45) is 3.34. The number of nitrogens with zero attached hydrogens (tertiary/aromatic N) is 2. The summed E-state index contributed by atoms with van der Waals surface area (Å²) in [6, 6.07) is 0. The van der Waals surface area contributed by atoms with Crippen molar-refractivity contribution < 1.29 is 4.79 Å². The van der Waals surface area contributed by atoms with Crippen molar-refractivity contribution in [2.24, 2.45) is 5.92 Å². The summed E-state index contributed by atoms with van der Waals surface area (Å²) in [6.45, 7) is 9.34. The first-order chi connectivity index (χ1) is 8.31. The standard InChI is InChI=1S/C13H25N3O/c1-2-7-15-8-3-12(4-9-15)13(17)16-10-5-14-6-11-16/h12,14H,2-11H2,1H3. The SMILES string of the molecule is CCCN1CCC(C(=O)N2CCNCC2)CC1. The first-order valence-corrected chi connectivity index (χ1v) is 7.03. The molecule has 1 amide bonds. The minimum atomic E-state index is 0.293. The van der Waals surface area contributed by atoms with E-state index in [1.807, 2.05) is 0 Å². The summed E-state index contributed by atoms with van der Waals surface area (Å²) in [5.74, 6) is 0.698. The van der Waals surface area contributed by atoms with Gasteiger partial charge in [-0.3, -0.25) is 4.79 Å². The van der Waals surface area contributed by atoms with Crippen molar-refractivity contribution in [1.82, 2.24) is 15.1 Å². The molecule has 0 radical (unpaired) electrons. The second-order valence-electron chi connectivity index (χ2n) is 5.19. The summed E-state index contributed by atoms with van der Waals surface area (Å²) in [7, 11) is 0. The van der Waals surface area contributed by atoms with E-state index in [9.17, 15) is 4.79 Å². The molecule has 0 aromatic rings. The lowest BCUT2D eigenvalue weighted by Crippen LogP contribution is -2.50. The van der Waals surface area contributed by atoms with Crippen molar-refractivity contribution in [3.63, 3.8) is 0 Å². The molecule has 2 aliphatic heterocycles. The number of carbonyl (C=O) groups excluding carboxylic acids is 1. The highest BCUT2D eigenvalue weighted by Crippen LogP contribution is 2.20. The molecule has 0 saturated carbocycles. The minimum Gasteiger partial charge on any atom is -0.340 e. The molecule has 4 nitrogen and oxygen atoms in total. The van der Waals surface area contributed by atoms with Gasteiger partial charge >= 0.3 is 0 Å². The summed E-state index contributed by atoms with van der Waals surface area (Å²) in [5, 5.41) is 3.29. The van der Waals surface area contributed by atoms with Gasteiger partial charge in [0.2, 0.25) is 5.91 Å². The molecule has 0 unspecified atom stereocenters. The molecule has 98 valence electrons. The molecule has 0 aromatic carbocycles. The van der Waals surface area contributed by atoms with Gasteiger partial charge in [0.05, 0.1) is 0 Å². The van der Waals surface area contributed by atoms with Crippen molar-refractivity contribution in [3.05, 3.63) is 0 Å². The van der Waals surface area contributed by atoms with Crippen molar-refractivity contribution in [3.8, 4) is 0 Å². The maximum Gasteiger partial charge on any atom is 0.225 e. The van der Waals surface area contributed by atoms with Gasteiger partial charge in [0.25, 0.3) is 0 Å². The van der Waals surface area contributed by atoms with Gasteiger partial charge in [-0.1, -0.05) is 6.92 Å². The van der Waals surface area contributed by atoms with Crippen LogP contribution in [0.4, 0.5) is 0 Å². The molecule has 17 heavy (non-hydrogen) atoms. The second-order valence-corrected chi connectivity index (χ2v) is 5.19. The van der Waals surface area contributed by atoms with E-state index in [1.54, 1.807) is 0 Å². The van der Waals surface area contributed by atoms with E-state index in [4.69, 9.17) is 0 Å². The Kier molecular flexibility index (Phi) is 4.80. The third-order valence-corrected chi connectivity index (χ3v) is 3.91. The Bertz CT molecular complexity index is 243. The van der Waals surface area contributed by atoms with Crippen LogP contribution in [0.25, 0.3) is 0 Å². The third kappa shape index (κ3) is 3.42. The normalized spacial score (nSPS) is 23.9. The Morgan fingerprint density at radius 3 is 2.41 bits per heavy atom. The number of piperidine rings is 1. The monoisotopic (exact) mass is 239 g/mol. The molecule has 0 bridgehead atoms. The van der Waals surface area contributed by atoms with Crippen LogP contribution in [0.1, 0.15) is 26.2 Å². The highest BCUT2D eigenvalue weighted by atomic mass is 16.2. The van der Waals surface area contributed by atoms with Crippen LogP contribution >= 0.6 is 0 Å². The maximum absolute atomic E-state index is 12.3. The molecule has 0 aromatic heterocycles. The molecule has 0 spiro atoms. The average Bonchev–Trinajstić information content (AvgIpc) is 2.40. The molecule has 0 atom stereocenters. The Hall–Kier alpha value is -0.610. The number of hydrogen-bond acceptors (Lipinski definition) is 3. The van der Waals surface area contributed by atoms with Gasteiger partial charge in [-0.15, -0.1) is 0 Å². The van der Waals surface area contributed by atoms with Crippen molar-refractivity contribution in [2.75, 3.05) is 45.8 Å². The number of hydrogen-bond donors (Lipinski definition) is 1. The van der Waals surface area contributed by atoms with E-state index >= 15 is 0 Å². The van der Waals surface area contributed by atoms with Gasteiger partial charge in [-0.05, 0) is 38.9 Å². The summed E-state index contributed by atoms with van der Waals surface area (Å²) in [5.41, 5.74) is 0. The predicted octanol–water partition coefficient (Wildman–Crippen LogP) is 0.540. The molecular formula is C13H25N3O. The van der Waals surface area contributed by atoms with Crippen LogP contribution in [-0.2, 0) is 4.79 Å². The second kappa shape index (κ2) is 6.36. The topological polar surface area (TPSA) is 35.6 Å². The number of rotatable bonds is 3. The Morgan fingerprint density at radius 2 is 1.82 bits per heavy atom. The van der Waals surface area contributed by atoms with Crippen LogP contribution < -0.4 is 5.32 Å². The zero-order valence-electron chi connectivity index (χ0n) is 11.0. The highest BCUT2D eigenvalue weighted by molar-refractivity contribution is 5.79. The van der Waals surface area contributed by atoms with Gasteiger partial charge in [0.15, 0.2) is 0 Å². The number of nitrogens with one attached hydrogen (secondary N) is 1. The first kappa shape index (κ1) is 12.8. The maximum atomic E-state index is 12.3. The first-order valence-electron chi connectivity index (χ1n) is 7.03. The van der Waals surface area contributed by atoms with Gasteiger partial charge in [-0.25, -0.2) is 0 Å².